The van der Waals surface area contributed by atoms with E-state index in [1.54, 1.807) is 0 Å². The predicted octanol–water partition coefficient (Wildman–Crippen LogP) is 3.16. The van der Waals surface area contributed by atoms with Crippen LogP contribution >= 0.6 is 0 Å². The molecule has 0 saturated heterocycles. The van der Waals surface area contributed by atoms with Gasteiger partial charge in [0.15, 0.2) is 0 Å². The molecule has 3 unspecified atom stereocenters. The maximum atomic E-state index is 8.99. The average molecular weight is 194 g/mol. The van der Waals surface area contributed by atoms with Crippen LogP contribution in [0.2, 0.25) is 0 Å². The van der Waals surface area contributed by atoms with Crippen molar-refractivity contribution >= 4 is 0 Å². The Hall–Kier alpha value is -0.560. The Balaban J connectivity index is 2.85. The minimum atomic E-state index is 0.173. The molecule has 0 aromatic carbocycles. The molecule has 1 heteroatoms. The van der Waals surface area contributed by atoms with Gasteiger partial charge in [0.25, 0.3) is 0 Å². The van der Waals surface area contributed by atoms with Crippen LogP contribution < -0.4 is 0 Å². The Kier molecular flexibility index (Phi) is 3.94. The molecule has 1 aliphatic carbocycles. The van der Waals surface area contributed by atoms with Crippen molar-refractivity contribution in [2.75, 3.05) is 6.61 Å². The summed E-state index contributed by atoms with van der Waals surface area (Å²) in [4.78, 5) is 0. The Bertz CT molecular complexity index is 250. The summed E-state index contributed by atoms with van der Waals surface area (Å²) in [6.45, 7) is 9.02. The van der Waals surface area contributed by atoms with E-state index in [1.165, 1.54) is 12.0 Å². The van der Waals surface area contributed by atoms with Crippen LogP contribution in [-0.2, 0) is 0 Å². The van der Waals surface area contributed by atoms with Crippen molar-refractivity contribution in [1.82, 2.24) is 0 Å². The minimum Gasteiger partial charge on any atom is -0.392 e. The van der Waals surface area contributed by atoms with Crippen molar-refractivity contribution in [3.05, 3.63) is 23.3 Å². The van der Waals surface area contributed by atoms with Crippen LogP contribution in [0.1, 0.15) is 34.1 Å². The first kappa shape index (κ1) is 11.5. The molecule has 0 aromatic rings. The molecular formula is C13H22O. The summed E-state index contributed by atoms with van der Waals surface area (Å²) < 4.78 is 0. The molecular weight excluding hydrogens is 172 g/mol. The molecule has 0 bridgehead atoms. The molecule has 0 amide bonds. The minimum absolute atomic E-state index is 0.173. The number of aliphatic hydroxyl groups is 1. The highest BCUT2D eigenvalue weighted by molar-refractivity contribution is 5.28. The Morgan fingerprint density at radius 3 is 2.71 bits per heavy atom. The summed E-state index contributed by atoms with van der Waals surface area (Å²) in [5.74, 6) is 2.07. The zero-order chi connectivity index (χ0) is 10.7. The molecule has 1 aliphatic rings. The van der Waals surface area contributed by atoms with Gasteiger partial charge in [-0.3, -0.25) is 0 Å². The van der Waals surface area contributed by atoms with Crippen LogP contribution in [0.25, 0.3) is 0 Å². The van der Waals surface area contributed by atoms with Gasteiger partial charge in [0.05, 0.1) is 6.61 Å². The fraction of sp³-hybridized carbons (Fsp3) is 0.692. The van der Waals surface area contributed by atoms with Crippen LogP contribution in [0, 0.1) is 17.8 Å². The predicted molar refractivity (Wildman–Crippen MR) is 61.0 cm³/mol. The Morgan fingerprint density at radius 2 is 2.14 bits per heavy atom. The van der Waals surface area contributed by atoms with Gasteiger partial charge < -0.3 is 5.11 Å². The first-order valence-electron chi connectivity index (χ1n) is 5.54. The molecule has 1 nitrogen and oxygen atoms in total. The smallest absolute Gasteiger partial charge is 0.0642 e. The lowest BCUT2D eigenvalue weighted by atomic mass is 9.76. The van der Waals surface area contributed by atoms with Gasteiger partial charge in [-0.25, -0.2) is 0 Å². The highest BCUT2D eigenvalue weighted by atomic mass is 16.3. The Morgan fingerprint density at radius 1 is 1.50 bits per heavy atom. The summed E-state index contributed by atoms with van der Waals surface area (Å²) in [6, 6.07) is 0. The highest BCUT2D eigenvalue weighted by Gasteiger charge is 2.22. The lowest BCUT2D eigenvalue weighted by Gasteiger charge is -2.29. The molecule has 1 rings (SSSR count). The molecule has 0 heterocycles. The molecule has 0 aliphatic heterocycles. The van der Waals surface area contributed by atoms with Crippen molar-refractivity contribution in [2.24, 2.45) is 17.8 Å². The van der Waals surface area contributed by atoms with Crippen molar-refractivity contribution in [2.45, 2.75) is 34.1 Å². The van der Waals surface area contributed by atoms with Gasteiger partial charge in [-0.1, -0.05) is 32.9 Å². The van der Waals surface area contributed by atoms with E-state index in [1.807, 2.05) is 6.92 Å². The molecule has 80 valence electrons. The molecule has 0 radical (unpaired) electrons. The summed E-state index contributed by atoms with van der Waals surface area (Å²) >= 11 is 0. The molecule has 0 fully saturated rings. The first-order valence-corrected chi connectivity index (χ1v) is 5.54. The highest BCUT2D eigenvalue weighted by Crippen LogP contribution is 2.33. The lowest BCUT2D eigenvalue weighted by Crippen LogP contribution is -2.18. The van der Waals surface area contributed by atoms with E-state index in [4.69, 9.17) is 5.11 Å². The average Bonchev–Trinajstić information content (AvgIpc) is 2.13. The molecule has 14 heavy (non-hydrogen) atoms. The zero-order valence-corrected chi connectivity index (χ0v) is 9.75. The van der Waals surface area contributed by atoms with Crippen LogP contribution in [0.4, 0.5) is 0 Å². The topological polar surface area (TPSA) is 20.2 Å². The summed E-state index contributed by atoms with van der Waals surface area (Å²) in [5.41, 5.74) is 2.47. The van der Waals surface area contributed by atoms with E-state index in [0.29, 0.717) is 11.8 Å². The monoisotopic (exact) mass is 194 g/mol. The van der Waals surface area contributed by atoms with Gasteiger partial charge in [0.1, 0.15) is 0 Å². The van der Waals surface area contributed by atoms with Gasteiger partial charge >= 0.3 is 0 Å². The number of rotatable bonds is 2. The lowest BCUT2D eigenvalue weighted by molar-refractivity contribution is 0.329. The normalized spacial score (nSPS) is 34.2. The van der Waals surface area contributed by atoms with E-state index >= 15 is 0 Å². The number of hydrogen-bond donors (Lipinski definition) is 1. The third kappa shape index (κ3) is 2.71. The zero-order valence-electron chi connectivity index (χ0n) is 9.75. The first-order chi connectivity index (χ1) is 6.54. The van der Waals surface area contributed by atoms with Gasteiger partial charge in [0.2, 0.25) is 0 Å². The summed E-state index contributed by atoms with van der Waals surface area (Å²) in [7, 11) is 0. The van der Waals surface area contributed by atoms with Gasteiger partial charge in [-0.2, -0.15) is 0 Å². The number of aliphatic hydroxyl groups excluding tert-OH is 1. The van der Waals surface area contributed by atoms with Crippen LogP contribution in [-0.4, -0.2) is 11.7 Å². The summed E-state index contributed by atoms with van der Waals surface area (Å²) in [6.07, 6.45) is 5.79. The van der Waals surface area contributed by atoms with E-state index in [9.17, 15) is 0 Å². The molecule has 3 atom stereocenters. The van der Waals surface area contributed by atoms with Crippen molar-refractivity contribution in [1.29, 1.82) is 0 Å². The standard InChI is InChI=1S/C13H22O/c1-9-5-11(3)12(4)13(6-9)7-10(2)8-14/h6-7,9,11-12,14H,5,8H2,1-4H3. The number of allylic oxidation sites excluding steroid dienone is 3. The fourth-order valence-corrected chi connectivity index (χ4v) is 2.18. The van der Waals surface area contributed by atoms with Crippen LogP contribution in [0.5, 0.6) is 0 Å². The maximum absolute atomic E-state index is 8.99. The Labute approximate surface area is 87.5 Å². The molecule has 1 N–H and O–H groups in total. The second-order valence-electron chi connectivity index (χ2n) is 4.79. The van der Waals surface area contributed by atoms with E-state index in [0.717, 1.165) is 11.5 Å². The van der Waals surface area contributed by atoms with Crippen LogP contribution in [0.15, 0.2) is 23.3 Å². The van der Waals surface area contributed by atoms with Crippen LogP contribution in [0.3, 0.4) is 0 Å². The second kappa shape index (κ2) is 4.79. The van der Waals surface area contributed by atoms with Crippen molar-refractivity contribution in [3.63, 3.8) is 0 Å². The number of hydrogen-bond acceptors (Lipinski definition) is 1. The molecule has 0 spiro atoms. The molecule has 0 aromatic heterocycles. The third-order valence-electron chi connectivity index (χ3n) is 3.26. The van der Waals surface area contributed by atoms with Gasteiger partial charge in [-0.05, 0) is 42.2 Å². The van der Waals surface area contributed by atoms with Gasteiger partial charge in [0, 0.05) is 0 Å². The van der Waals surface area contributed by atoms with Crippen molar-refractivity contribution in [3.8, 4) is 0 Å². The molecule has 0 saturated carbocycles. The summed E-state index contributed by atoms with van der Waals surface area (Å²) in [5, 5.41) is 8.99. The van der Waals surface area contributed by atoms with E-state index in [-0.39, 0.29) is 6.61 Å². The quantitative estimate of drug-likeness (QED) is 0.716. The second-order valence-corrected chi connectivity index (χ2v) is 4.79. The fourth-order valence-electron chi connectivity index (χ4n) is 2.18. The van der Waals surface area contributed by atoms with E-state index < -0.39 is 0 Å². The van der Waals surface area contributed by atoms with Crippen molar-refractivity contribution < 1.29 is 5.11 Å². The van der Waals surface area contributed by atoms with E-state index in [2.05, 4.69) is 32.9 Å². The largest absolute Gasteiger partial charge is 0.392 e. The third-order valence-corrected chi connectivity index (χ3v) is 3.26. The SMILES string of the molecule is CC(=CC1=CC(C)CC(C)C1C)CO. The van der Waals surface area contributed by atoms with Gasteiger partial charge in [-0.15, -0.1) is 0 Å². The maximum Gasteiger partial charge on any atom is 0.0642 e.